The summed E-state index contributed by atoms with van der Waals surface area (Å²) in [6, 6.07) is 11.5. The van der Waals surface area contributed by atoms with Gasteiger partial charge >= 0.3 is 0 Å². The molecule has 2 aromatic carbocycles. The van der Waals surface area contributed by atoms with E-state index >= 15 is 0 Å². The molecule has 0 unspecified atom stereocenters. The normalized spacial score (nSPS) is 10.7. The van der Waals surface area contributed by atoms with E-state index in [2.05, 4.69) is 22.1 Å². The molecule has 1 heterocycles. The largest absolute Gasteiger partial charge is 0.485 e. The standard InChI is InChI=1S/C23H25ClN4O2S/c1-5-11-28-20(13-30-22-16(3)7-6-8-17(22)4)26-27-23(28)31-14-21(29)25-18-10-9-15(2)19(24)12-18/h5-10,12H,1,11,13-14H2,2-4H3,(H,25,29). The average Bonchev–Trinajstić information content (AvgIpc) is 3.11. The summed E-state index contributed by atoms with van der Waals surface area (Å²) in [5, 5.41) is 12.6. The van der Waals surface area contributed by atoms with E-state index in [0.29, 0.717) is 28.2 Å². The van der Waals surface area contributed by atoms with Gasteiger partial charge in [-0.2, -0.15) is 0 Å². The molecule has 1 aromatic heterocycles. The fraction of sp³-hybridized carbons (Fsp3) is 0.261. The van der Waals surface area contributed by atoms with Crippen molar-refractivity contribution in [3.05, 3.63) is 76.6 Å². The van der Waals surface area contributed by atoms with Crippen LogP contribution in [0.2, 0.25) is 5.02 Å². The summed E-state index contributed by atoms with van der Waals surface area (Å²) in [5.74, 6) is 1.57. The van der Waals surface area contributed by atoms with Gasteiger partial charge in [-0.05, 0) is 49.6 Å². The third kappa shape index (κ3) is 5.89. The fourth-order valence-electron chi connectivity index (χ4n) is 3.01. The molecule has 0 saturated carbocycles. The molecular weight excluding hydrogens is 432 g/mol. The van der Waals surface area contributed by atoms with E-state index in [9.17, 15) is 4.79 Å². The van der Waals surface area contributed by atoms with Crippen molar-refractivity contribution in [3.8, 4) is 5.75 Å². The van der Waals surface area contributed by atoms with Gasteiger partial charge in [-0.25, -0.2) is 0 Å². The van der Waals surface area contributed by atoms with Crippen LogP contribution in [0.15, 0.2) is 54.2 Å². The number of thioether (sulfide) groups is 1. The van der Waals surface area contributed by atoms with E-state index < -0.39 is 0 Å². The number of nitrogens with one attached hydrogen (secondary N) is 1. The van der Waals surface area contributed by atoms with Gasteiger partial charge < -0.3 is 10.1 Å². The van der Waals surface area contributed by atoms with Crippen molar-refractivity contribution < 1.29 is 9.53 Å². The summed E-state index contributed by atoms with van der Waals surface area (Å²) < 4.78 is 7.92. The number of aromatic nitrogens is 3. The second-order valence-corrected chi connectivity index (χ2v) is 8.46. The number of aryl methyl sites for hydroxylation is 3. The van der Waals surface area contributed by atoms with Crippen LogP contribution in [0.1, 0.15) is 22.5 Å². The second kappa shape index (κ2) is 10.5. The summed E-state index contributed by atoms with van der Waals surface area (Å²) in [4.78, 5) is 12.4. The van der Waals surface area contributed by atoms with E-state index in [1.807, 2.05) is 55.7 Å². The molecule has 0 aliphatic carbocycles. The van der Waals surface area contributed by atoms with Crippen molar-refractivity contribution in [2.75, 3.05) is 11.1 Å². The topological polar surface area (TPSA) is 69.0 Å². The maximum Gasteiger partial charge on any atom is 0.234 e. The van der Waals surface area contributed by atoms with E-state index in [-0.39, 0.29) is 18.3 Å². The van der Waals surface area contributed by atoms with E-state index in [0.717, 1.165) is 22.4 Å². The molecule has 0 fully saturated rings. The minimum atomic E-state index is -0.147. The Hall–Kier alpha value is -2.77. The van der Waals surface area contributed by atoms with Crippen LogP contribution in [0.25, 0.3) is 0 Å². The van der Waals surface area contributed by atoms with Gasteiger partial charge in [-0.1, -0.05) is 53.7 Å². The molecule has 0 bridgehead atoms. The summed E-state index contributed by atoms with van der Waals surface area (Å²) in [6.07, 6.45) is 1.77. The zero-order valence-corrected chi connectivity index (χ0v) is 19.4. The van der Waals surface area contributed by atoms with Gasteiger partial charge in [-0.3, -0.25) is 9.36 Å². The second-order valence-electron chi connectivity index (χ2n) is 7.11. The maximum absolute atomic E-state index is 12.4. The first-order valence-corrected chi connectivity index (χ1v) is 11.2. The summed E-state index contributed by atoms with van der Waals surface area (Å²) in [6.45, 7) is 10.6. The van der Waals surface area contributed by atoms with Gasteiger partial charge in [0.15, 0.2) is 11.0 Å². The number of amides is 1. The van der Waals surface area contributed by atoms with Crippen molar-refractivity contribution >= 4 is 35.0 Å². The lowest BCUT2D eigenvalue weighted by atomic mass is 10.1. The SMILES string of the molecule is C=CCn1c(COc2c(C)cccc2C)nnc1SCC(=O)Nc1ccc(C)c(Cl)c1. The molecule has 6 nitrogen and oxygen atoms in total. The Morgan fingerprint density at radius 2 is 1.94 bits per heavy atom. The Balaban J connectivity index is 1.64. The number of anilines is 1. The highest BCUT2D eigenvalue weighted by atomic mass is 35.5. The van der Waals surface area contributed by atoms with Crippen LogP contribution >= 0.6 is 23.4 Å². The van der Waals surface area contributed by atoms with Crippen LogP contribution in [0.5, 0.6) is 5.75 Å². The quantitative estimate of drug-likeness (QED) is 0.347. The predicted octanol–water partition coefficient (Wildman–Crippen LogP) is 5.35. The molecule has 0 atom stereocenters. The van der Waals surface area contributed by atoms with Crippen molar-refractivity contribution in [3.63, 3.8) is 0 Å². The van der Waals surface area contributed by atoms with Crippen LogP contribution < -0.4 is 10.1 Å². The average molecular weight is 457 g/mol. The number of nitrogens with zero attached hydrogens (tertiary/aromatic N) is 3. The molecule has 0 saturated heterocycles. The van der Waals surface area contributed by atoms with Crippen molar-refractivity contribution in [2.24, 2.45) is 0 Å². The van der Waals surface area contributed by atoms with Crippen LogP contribution in [-0.2, 0) is 17.9 Å². The number of carbonyl (C=O) groups is 1. The van der Waals surface area contributed by atoms with Gasteiger partial charge in [0.25, 0.3) is 0 Å². The Bertz CT molecular complexity index is 1080. The molecule has 1 N–H and O–H groups in total. The van der Waals surface area contributed by atoms with Gasteiger partial charge in [0, 0.05) is 17.3 Å². The highest BCUT2D eigenvalue weighted by Gasteiger charge is 2.15. The highest BCUT2D eigenvalue weighted by molar-refractivity contribution is 7.99. The molecule has 0 aliphatic rings. The summed E-state index contributed by atoms with van der Waals surface area (Å²) in [7, 11) is 0. The molecule has 0 radical (unpaired) electrons. The van der Waals surface area contributed by atoms with Gasteiger partial charge in [-0.15, -0.1) is 16.8 Å². The Morgan fingerprint density at radius 3 is 2.61 bits per heavy atom. The number of para-hydroxylation sites is 1. The number of ether oxygens (including phenoxy) is 1. The van der Waals surface area contributed by atoms with Crippen molar-refractivity contribution in [1.29, 1.82) is 0 Å². The summed E-state index contributed by atoms with van der Waals surface area (Å²) >= 11 is 7.43. The minimum absolute atomic E-state index is 0.147. The first-order valence-electron chi connectivity index (χ1n) is 9.80. The number of carbonyl (C=O) groups excluding carboxylic acids is 1. The molecule has 3 aromatic rings. The number of rotatable bonds is 9. The van der Waals surface area contributed by atoms with Crippen molar-refractivity contribution in [1.82, 2.24) is 14.8 Å². The molecule has 0 aliphatic heterocycles. The molecule has 3 rings (SSSR count). The van der Waals surface area contributed by atoms with E-state index in [4.69, 9.17) is 16.3 Å². The number of hydrogen-bond acceptors (Lipinski definition) is 5. The fourth-order valence-corrected chi connectivity index (χ4v) is 3.95. The first kappa shape index (κ1) is 22.9. The smallest absolute Gasteiger partial charge is 0.234 e. The molecule has 1 amide bonds. The molecule has 31 heavy (non-hydrogen) atoms. The van der Waals surface area contributed by atoms with Gasteiger partial charge in [0.05, 0.1) is 5.75 Å². The van der Waals surface area contributed by atoms with Gasteiger partial charge in [0.1, 0.15) is 12.4 Å². The lowest BCUT2D eigenvalue weighted by Crippen LogP contribution is -2.15. The van der Waals surface area contributed by atoms with E-state index in [1.165, 1.54) is 11.8 Å². The zero-order valence-electron chi connectivity index (χ0n) is 17.8. The minimum Gasteiger partial charge on any atom is -0.485 e. The Morgan fingerprint density at radius 1 is 1.19 bits per heavy atom. The number of hydrogen-bond donors (Lipinski definition) is 1. The molecule has 162 valence electrons. The molecular formula is C23H25ClN4O2S. The monoisotopic (exact) mass is 456 g/mol. The van der Waals surface area contributed by atoms with E-state index in [1.54, 1.807) is 12.1 Å². The highest BCUT2D eigenvalue weighted by Crippen LogP contribution is 2.25. The Labute approximate surface area is 191 Å². The third-order valence-corrected chi connectivity index (χ3v) is 6.02. The number of benzene rings is 2. The third-order valence-electron chi connectivity index (χ3n) is 4.65. The van der Waals surface area contributed by atoms with Crippen LogP contribution in [0.3, 0.4) is 0 Å². The lowest BCUT2D eigenvalue weighted by molar-refractivity contribution is -0.113. The number of allylic oxidation sites excluding steroid dienone is 1. The van der Waals surface area contributed by atoms with Gasteiger partial charge in [0.2, 0.25) is 5.91 Å². The number of halogens is 1. The lowest BCUT2D eigenvalue weighted by Gasteiger charge is -2.12. The maximum atomic E-state index is 12.4. The van der Waals surface area contributed by atoms with Crippen LogP contribution in [-0.4, -0.2) is 26.4 Å². The zero-order chi connectivity index (χ0) is 22.4. The van der Waals surface area contributed by atoms with Crippen LogP contribution in [0, 0.1) is 20.8 Å². The first-order chi connectivity index (χ1) is 14.9. The van der Waals surface area contributed by atoms with Crippen LogP contribution in [0.4, 0.5) is 5.69 Å². The van der Waals surface area contributed by atoms with Crippen molar-refractivity contribution in [2.45, 2.75) is 39.1 Å². The summed E-state index contributed by atoms with van der Waals surface area (Å²) in [5.41, 5.74) is 3.76. The predicted molar refractivity (Wildman–Crippen MR) is 126 cm³/mol. The molecule has 0 spiro atoms. The molecule has 8 heteroatoms. The Kier molecular flexibility index (Phi) is 7.76.